The van der Waals surface area contributed by atoms with Gasteiger partial charge in [-0.3, -0.25) is 4.79 Å². The Bertz CT molecular complexity index is 1130. The average Bonchev–Trinajstić information content (AvgIpc) is 3.26. The van der Waals surface area contributed by atoms with Crippen molar-refractivity contribution in [1.29, 1.82) is 0 Å². The Kier molecular flexibility index (Phi) is 6.51. The highest BCUT2D eigenvalue weighted by Gasteiger charge is 2.18. The summed E-state index contributed by atoms with van der Waals surface area (Å²) in [5.41, 5.74) is 6.39. The number of aromatic nitrogens is 3. The smallest absolute Gasteiger partial charge is 0.291 e. The Morgan fingerprint density at radius 2 is 1.90 bits per heavy atom. The first-order chi connectivity index (χ1) is 14.2. The highest BCUT2D eigenvalue weighted by Crippen LogP contribution is 2.20. The maximum absolute atomic E-state index is 12.5. The first-order valence-corrected chi connectivity index (χ1v) is 11.3. The van der Waals surface area contributed by atoms with Crippen molar-refractivity contribution in [3.63, 3.8) is 0 Å². The molecule has 30 heavy (non-hydrogen) atoms. The SMILES string of the molecule is Cc1ccc(C(=O)n2nc(Nc3ccc(S(=O)(=O)NCCN(C)C)cc3)nc2N)s1. The Morgan fingerprint density at radius 1 is 1.20 bits per heavy atom. The molecule has 0 aliphatic heterocycles. The Balaban J connectivity index is 1.69. The molecule has 0 spiro atoms. The van der Waals surface area contributed by atoms with E-state index in [-0.39, 0.29) is 22.7 Å². The van der Waals surface area contributed by atoms with Crippen molar-refractivity contribution in [1.82, 2.24) is 24.4 Å². The van der Waals surface area contributed by atoms with E-state index in [9.17, 15) is 13.2 Å². The van der Waals surface area contributed by atoms with Crippen LogP contribution in [0.5, 0.6) is 0 Å². The molecule has 3 aromatic rings. The molecule has 0 radical (unpaired) electrons. The summed E-state index contributed by atoms with van der Waals surface area (Å²) in [6.07, 6.45) is 0. The molecule has 0 saturated carbocycles. The predicted octanol–water partition coefficient (Wildman–Crippen LogP) is 1.50. The molecule has 0 fully saturated rings. The average molecular weight is 450 g/mol. The quantitative estimate of drug-likeness (QED) is 0.471. The number of nitrogens with two attached hydrogens (primary N) is 1. The summed E-state index contributed by atoms with van der Waals surface area (Å²) in [6.45, 7) is 2.81. The lowest BCUT2D eigenvalue weighted by molar-refractivity contribution is 0.0952. The van der Waals surface area contributed by atoms with Gasteiger partial charge in [-0.25, -0.2) is 13.1 Å². The fourth-order valence-corrected chi connectivity index (χ4v) is 4.33. The molecule has 160 valence electrons. The number of nitrogen functional groups attached to an aromatic ring is 1. The van der Waals surface area contributed by atoms with Crippen molar-refractivity contribution in [3.8, 4) is 0 Å². The molecule has 10 nitrogen and oxygen atoms in total. The number of sulfonamides is 1. The molecule has 2 aromatic heterocycles. The number of hydrogen-bond donors (Lipinski definition) is 3. The summed E-state index contributed by atoms with van der Waals surface area (Å²) in [7, 11) is 0.143. The van der Waals surface area contributed by atoms with Crippen LogP contribution in [-0.2, 0) is 10.0 Å². The lowest BCUT2D eigenvalue weighted by Crippen LogP contribution is -2.31. The number of carbonyl (C=O) groups is 1. The number of anilines is 3. The van der Waals surface area contributed by atoms with E-state index < -0.39 is 10.0 Å². The zero-order chi connectivity index (χ0) is 21.9. The number of likely N-dealkylation sites (N-methyl/N-ethyl adjacent to an activating group) is 1. The molecule has 0 amide bonds. The molecule has 0 aliphatic rings. The zero-order valence-electron chi connectivity index (χ0n) is 16.8. The number of hydrogen-bond acceptors (Lipinski definition) is 9. The van der Waals surface area contributed by atoms with Gasteiger partial charge in [0.2, 0.25) is 21.9 Å². The molecule has 4 N–H and O–H groups in total. The van der Waals surface area contributed by atoms with Crippen molar-refractivity contribution >= 4 is 44.9 Å². The van der Waals surface area contributed by atoms with Gasteiger partial charge >= 0.3 is 0 Å². The van der Waals surface area contributed by atoms with Crippen molar-refractivity contribution < 1.29 is 13.2 Å². The zero-order valence-corrected chi connectivity index (χ0v) is 18.4. The normalized spacial score (nSPS) is 11.7. The van der Waals surface area contributed by atoms with Gasteiger partial charge in [0.15, 0.2) is 0 Å². The Morgan fingerprint density at radius 3 is 2.50 bits per heavy atom. The van der Waals surface area contributed by atoms with Crippen LogP contribution >= 0.6 is 11.3 Å². The minimum atomic E-state index is -3.59. The number of benzene rings is 1. The molecule has 0 unspecified atom stereocenters. The van der Waals surface area contributed by atoms with Crippen LogP contribution in [0.1, 0.15) is 14.5 Å². The summed E-state index contributed by atoms with van der Waals surface area (Å²) >= 11 is 1.34. The molecular formula is C18H23N7O3S2. The minimum absolute atomic E-state index is 0.0437. The maximum atomic E-state index is 12.5. The van der Waals surface area contributed by atoms with Crippen molar-refractivity contribution in [2.45, 2.75) is 11.8 Å². The summed E-state index contributed by atoms with van der Waals surface area (Å²) in [5, 5.41) is 7.03. The van der Waals surface area contributed by atoms with Crippen LogP contribution in [0, 0.1) is 6.92 Å². The summed E-state index contributed by atoms with van der Waals surface area (Å²) in [6, 6.07) is 9.67. The molecule has 2 heterocycles. The maximum Gasteiger partial charge on any atom is 0.291 e. The van der Waals surface area contributed by atoms with E-state index in [1.54, 1.807) is 18.2 Å². The van der Waals surface area contributed by atoms with Gasteiger partial charge in [-0.15, -0.1) is 16.4 Å². The molecular weight excluding hydrogens is 426 g/mol. The van der Waals surface area contributed by atoms with E-state index >= 15 is 0 Å². The first kappa shape index (κ1) is 21.9. The molecule has 1 aromatic carbocycles. The fourth-order valence-electron chi connectivity index (χ4n) is 2.51. The molecule has 0 aliphatic carbocycles. The highest BCUT2D eigenvalue weighted by atomic mass is 32.2. The van der Waals surface area contributed by atoms with Gasteiger partial charge in [0.25, 0.3) is 5.91 Å². The van der Waals surface area contributed by atoms with Crippen LogP contribution < -0.4 is 15.8 Å². The van der Waals surface area contributed by atoms with Crippen molar-refractivity contribution in [2.75, 3.05) is 38.2 Å². The molecule has 0 atom stereocenters. The van der Waals surface area contributed by atoms with Gasteiger partial charge < -0.3 is 16.0 Å². The molecule has 0 bridgehead atoms. The summed E-state index contributed by atoms with van der Waals surface area (Å²) in [4.78, 5) is 20.1. The standard InChI is InChI=1S/C18H23N7O3S2/c1-12-4-9-15(29-12)16(26)25-17(19)22-18(23-25)21-13-5-7-14(8-6-13)30(27,28)20-10-11-24(2)3/h4-9,20H,10-11H2,1-3H3,(H3,19,21,22,23). The fraction of sp³-hybridized carbons (Fsp3) is 0.278. The number of carbonyl (C=O) groups excluding carboxylic acids is 1. The first-order valence-electron chi connectivity index (χ1n) is 9.01. The van der Waals surface area contributed by atoms with Crippen LogP contribution in [0.2, 0.25) is 0 Å². The van der Waals surface area contributed by atoms with Crippen molar-refractivity contribution in [3.05, 3.63) is 46.2 Å². The third-order valence-corrected chi connectivity index (χ3v) is 6.51. The number of nitrogens with one attached hydrogen (secondary N) is 2. The Labute approximate surface area is 178 Å². The van der Waals surface area contributed by atoms with E-state index in [2.05, 4.69) is 20.1 Å². The van der Waals surface area contributed by atoms with Gasteiger partial charge in [0, 0.05) is 23.7 Å². The third kappa shape index (κ3) is 5.21. The third-order valence-electron chi connectivity index (χ3n) is 4.05. The van der Waals surface area contributed by atoms with E-state index in [1.165, 1.54) is 23.5 Å². The van der Waals surface area contributed by atoms with Crippen molar-refractivity contribution in [2.24, 2.45) is 0 Å². The van der Waals surface area contributed by atoms with Crippen LogP contribution in [0.15, 0.2) is 41.3 Å². The topological polar surface area (TPSA) is 135 Å². The molecule has 0 saturated heterocycles. The monoisotopic (exact) mass is 449 g/mol. The van der Waals surface area contributed by atoms with Crippen LogP contribution in [-0.4, -0.2) is 61.2 Å². The molecule has 12 heteroatoms. The van der Waals surface area contributed by atoms with Gasteiger partial charge in [0.1, 0.15) is 0 Å². The lowest BCUT2D eigenvalue weighted by Gasteiger charge is -2.11. The minimum Gasteiger partial charge on any atom is -0.368 e. The lowest BCUT2D eigenvalue weighted by atomic mass is 10.3. The number of aryl methyl sites for hydroxylation is 1. The van der Waals surface area contributed by atoms with Crippen LogP contribution in [0.3, 0.4) is 0 Å². The number of rotatable bonds is 8. The van der Waals surface area contributed by atoms with Crippen LogP contribution in [0.25, 0.3) is 0 Å². The highest BCUT2D eigenvalue weighted by molar-refractivity contribution is 7.89. The summed E-state index contributed by atoms with van der Waals surface area (Å²) in [5.74, 6) is -0.275. The summed E-state index contributed by atoms with van der Waals surface area (Å²) < 4.78 is 28.2. The predicted molar refractivity (Wildman–Crippen MR) is 117 cm³/mol. The largest absolute Gasteiger partial charge is 0.368 e. The second-order valence-corrected chi connectivity index (χ2v) is 9.83. The van der Waals surface area contributed by atoms with E-state index in [4.69, 9.17) is 5.73 Å². The second-order valence-electron chi connectivity index (χ2n) is 6.77. The van der Waals surface area contributed by atoms with Gasteiger partial charge in [-0.2, -0.15) is 9.67 Å². The number of thiophene rings is 1. The van der Waals surface area contributed by atoms with E-state index in [0.29, 0.717) is 23.7 Å². The van der Waals surface area contributed by atoms with Gasteiger partial charge in [-0.1, -0.05) is 0 Å². The van der Waals surface area contributed by atoms with E-state index in [1.807, 2.05) is 32.0 Å². The Hall–Kier alpha value is -2.80. The molecule has 3 rings (SSSR count). The van der Waals surface area contributed by atoms with Gasteiger partial charge in [0.05, 0.1) is 9.77 Å². The van der Waals surface area contributed by atoms with Crippen LogP contribution in [0.4, 0.5) is 17.6 Å². The second kappa shape index (κ2) is 8.92. The van der Waals surface area contributed by atoms with Gasteiger partial charge in [-0.05, 0) is 57.4 Å². The van der Waals surface area contributed by atoms with E-state index in [0.717, 1.165) is 9.56 Å². The number of nitrogens with zero attached hydrogens (tertiary/aromatic N) is 4.